The summed E-state index contributed by atoms with van der Waals surface area (Å²) in [7, 11) is 0. The number of rotatable bonds is 3. The van der Waals surface area contributed by atoms with E-state index in [-0.39, 0.29) is 17.9 Å². The molecular formula is C29H28FN3OS. The number of carbonyl (C=O) groups is 1. The molecule has 0 fully saturated rings. The van der Waals surface area contributed by atoms with Gasteiger partial charge in [0.2, 0.25) is 0 Å². The fourth-order valence-electron chi connectivity index (χ4n) is 5.37. The third-order valence-electron chi connectivity index (χ3n) is 7.19. The van der Waals surface area contributed by atoms with Crippen molar-refractivity contribution in [2.75, 3.05) is 0 Å². The van der Waals surface area contributed by atoms with Gasteiger partial charge in [-0.1, -0.05) is 42.0 Å². The monoisotopic (exact) mass is 485 g/mol. The molecule has 2 amide bonds. The number of aryl methyl sites for hydroxylation is 2. The van der Waals surface area contributed by atoms with Crippen LogP contribution in [-0.2, 0) is 25.9 Å². The van der Waals surface area contributed by atoms with Crippen molar-refractivity contribution in [2.45, 2.75) is 51.7 Å². The van der Waals surface area contributed by atoms with Crippen LogP contribution in [0, 0.1) is 12.7 Å². The van der Waals surface area contributed by atoms with Gasteiger partial charge in [-0.2, -0.15) is 0 Å². The number of nitrogens with zero attached hydrogens (tertiary/aromatic N) is 2. The molecular weight excluding hydrogens is 457 g/mol. The summed E-state index contributed by atoms with van der Waals surface area (Å²) in [5.74, 6) is -0.275. The van der Waals surface area contributed by atoms with Crippen molar-refractivity contribution in [1.29, 1.82) is 0 Å². The molecule has 2 aromatic carbocycles. The number of benzene rings is 2. The van der Waals surface area contributed by atoms with E-state index in [1.54, 1.807) is 12.1 Å². The van der Waals surface area contributed by atoms with Gasteiger partial charge in [0.25, 0.3) is 0 Å². The van der Waals surface area contributed by atoms with Crippen LogP contribution in [0.1, 0.15) is 57.3 Å². The summed E-state index contributed by atoms with van der Waals surface area (Å²) < 4.78 is 15.7. The second-order valence-corrected chi connectivity index (χ2v) is 10.6. The van der Waals surface area contributed by atoms with E-state index in [4.69, 9.17) is 0 Å². The van der Waals surface area contributed by atoms with Gasteiger partial charge in [0.1, 0.15) is 10.8 Å². The third-order valence-corrected chi connectivity index (χ3v) is 8.52. The highest BCUT2D eigenvalue weighted by atomic mass is 32.1. The largest absolute Gasteiger partial charge is 0.334 e. The second kappa shape index (κ2) is 9.00. The number of hydrogen-bond donors (Lipinski definition) is 1. The lowest BCUT2D eigenvalue weighted by Crippen LogP contribution is -2.41. The number of amides is 2. The first-order chi connectivity index (χ1) is 17.1. The molecule has 0 radical (unpaired) electrons. The Morgan fingerprint density at radius 3 is 2.60 bits per heavy atom. The fraction of sp³-hybridized carbons (Fsp3) is 0.276. The molecule has 0 spiro atoms. The van der Waals surface area contributed by atoms with Gasteiger partial charge in [-0.15, -0.1) is 11.3 Å². The molecule has 178 valence electrons. The van der Waals surface area contributed by atoms with Crippen LogP contribution < -0.4 is 5.32 Å². The molecule has 0 saturated heterocycles. The first kappa shape index (κ1) is 22.1. The van der Waals surface area contributed by atoms with Crippen molar-refractivity contribution in [3.05, 3.63) is 111 Å². The Bertz CT molecular complexity index is 1370. The van der Waals surface area contributed by atoms with Gasteiger partial charge < -0.3 is 14.8 Å². The summed E-state index contributed by atoms with van der Waals surface area (Å²) >= 11 is 1.89. The molecule has 0 bridgehead atoms. The second-order valence-electron chi connectivity index (χ2n) is 9.52. The Hall–Kier alpha value is -3.38. The molecule has 1 aliphatic heterocycles. The Morgan fingerprint density at radius 1 is 1.03 bits per heavy atom. The Morgan fingerprint density at radius 2 is 1.80 bits per heavy atom. The van der Waals surface area contributed by atoms with Crippen molar-refractivity contribution >= 4 is 17.4 Å². The number of halogens is 1. The number of hydrogen-bond acceptors (Lipinski definition) is 2. The van der Waals surface area contributed by atoms with Gasteiger partial charge in [0.05, 0.1) is 18.3 Å². The maximum atomic E-state index is 13.8. The van der Waals surface area contributed by atoms with Crippen LogP contribution in [0.2, 0.25) is 0 Å². The number of urea groups is 1. The SMILES string of the molecule is Cc1ccc([C@H]2c3cccn3-c3sc4c(c3CN2C(=O)NCc2ccc(F)cc2)CCCC4)cc1. The first-order valence-corrected chi connectivity index (χ1v) is 13.1. The quantitative estimate of drug-likeness (QED) is 0.345. The summed E-state index contributed by atoms with van der Waals surface area (Å²) in [6.07, 6.45) is 6.78. The lowest BCUT2D eigenvalue weighted by Gasteiger charge is -2.31. The molecule has 2 aliphatic rings. The van der Waals surface area contributed by atoms with Crippen LogP contribution in [0.25, 0.3) is 5.00 Å². The van der Waals surface area contributed by atoms with Gasteiger partial charge in [-0.3, -0.25) is 0 Å². The lowest BCUT2D eigenvalue weighted by molar-refractivity contribution is 0.180. The van der Waals surface area contributed by atoms with Crippen LogP contribution in [0.15, 0.2) is 66.9 Å². The summed E-state index contributed by atoms with van der Waals surface area (Å²) in [6, 6.07) is 18.7. The van der Waals surface area contributed by atoms with Gasteiger partial charge in [-0.25, -0.2) is 9.18 Å². The van der Waals surface area contributed by atoms with E-state index in [0.717, 1.165) is 29.7 Å². The zero-order valence-electron chi connectivity index (χ0n) is 19.8. The fourth-order valence-corrected chi connectivity index (χ4v) is 6.77. The van der Waals surface area contributed by atoms with E-state index in [1.165, 1.54) is 51.5 Å². The summed E-state index contributed by atoms with van der Waals surface area (Å²) in [4.78, 5) is 17.3. The number of nitrogens with one attached hydrogen (secondary N) is 1. The van der Waals surface area contributed by atoms with Gasteiger partial charge in [0, 0.05) is 23.2 Å². The highest BCUT2D eigenvalue weighted by Crippen LogP contribution is 2.44. The normalized spacial score (nSPS) is 16.7. The molecule has 6 rings (SSSR count). The highest BCUT2D eigenvalue weighted by Gasteiger charge is 2.35. The topological polar surface area (TPSA) is 37.3 Å². The number of thiophene rings is 1. The van der Waals surface area contributed by atoms with Gasteiger partial charge in [-0.05, 0) is 73.6 Å². The first-order valence-electron chi connectivity index (χ1n) is 12.2. The van der Waals surface area contributed by atoms with Crippen molar-refractivity contribution in [3.8, 4) is 5.00 Å². The van der Waals surface area contributed by atoms with E-state index in [2.05, 4.69) is 59.4 Å². The third kappa shape index (κ3) is 4.06. The smallest absolute Gasteiger partial charge is 0.318 e. The summed E-state index contributed by atoms with van der Waals surface area (Å²) in [5, 5.41) is 4.36. The number of fused-ring (bicyclic) bond motifs is 5. The Labute approximate surface area is 209 Å². The zero-order valence-corrected chi connectivity index (χ0v) is 20.6. The van der Waals surface area contributed by atoms with Crippen molar-refractivity contribution < 1.29 is 9.18 Å². The van der Waals surface area contributed by atoms with Gasteiger partial charge in [0.15, 0.2) is 0 Å². The molecule has 1 atom stereocenters. The van der Waals surface area contributed by atoms with E-state index in [0.29, 0.717) is 13.1 Å². The predicted molar refractivity (Wildman–Crippen MR) is 137 cm³/mol. The molecule has 3 heterocycles. The van der Waals surface area contributed by atoms with Gasteiger partial charge >= 0.3 is 6.03 Å². The summed E-state index contributed by atoms with van der Waals surface area (Å²) in [6.45, 7) is 3.00. The van der Waals surface area contributed by atoms with Crippen molar-refractivity contribution in [3.63, 3.8) is 0 Å². The minimum absolute atomic E-state index is 0.115. The number of carbonyl (C=O) groups excluding carboxylic acids is 1. The molecule has 4 nitrogen and oxygen atoms in total. The molecule has 2 aromatic heterocycles. The standard InChI is InChI=1S/C29H28FN3OS/c1-19-8-12-21(13-9-19)27-25-6-4-16-32(25)28-24(23-5-2-3-7-26(23)35-28)18-33(27)29(34)31-17-20-10-14-22(30)15-11-20/h4,6,8-16,27H,2-3,5,7,17-18H2,1H3,(H,31,34)/t27-/m0/s1. The highest BCUT2D eigenvalue weighted by molar-refractivity contribution is 7.15. The van der Waals surface area contributed by atoms with E-state index >= 15 is 0 Å². The van der Waals surface area contributed by atoms with E-state index in [1.807, 2.05) is 16.2 Å². The maximum absolute atomic E-state index is 13.8. The average Bonchev–Trinajstić information content (AvgIpc) is 3.46. The summed E-state index contributed by atoms with van der Waals surface area (Å²) in [5.41, 5.74) is 6.99. The van der Waals surface area contributed by atoms with E-state index < -0.39 is 0 Å². The lowest BCUT2D eigenvalue weighted by atomic mass is 9.95. The molecule has 1 aliphatic carbocycles. The molecule has 6 heteroatoms. The minimum Gasteiger partial charge on any atom is -0.334 e. The molecule has 1 N–H and O–H groups in total. The molecule has 35 heavy (non-hydrogen) atoms. The van der Waals surface area contributed by atoms with Crippen LogP contribution in [0.5, 0.6) is 0 Å². The molecule has 0 unspecified atom stereocenters. The minimum atomic E-state index is -0.275. The van der Waals surface area contributed by atoms with Crippen molar-refractivity contribution in [1.82, 2.24) is 14.8 Å². The zero-order chi connectivity index (χ0) is 23.9. The van der Waals surface area contributed by atoms with Crippen LogP contribution in [-0.4, -0.2) is 15.5 Å². The number of aromatic nitrogens is 1. The van der Waals surface area contributed by atoms with E-state index in [9.17, 15) is 9.18 Å². The Kier molecular flexibility index (Phi) is 5.69. The molecule has 0 saturated carbocycles. The average molecular weight is 486 g/mol. The maximum Gasteiger partial charge on any atom is 0.318 e. The predicted octanol–water partition coefficient (Wildman–Crippen LogP) is 6.68. The van der Waals surface area contributed by atoms with Crippen LogP contribution >= 0.6 is 11.3 Å². The molecule has 4 aromatic rings. The Balaban J connectivity index is 1.42. The van der Waals surface area contributed by atoms with Crippen molar-refractivity contribution in [2.24, 2.45) is 0 Å². The van der Waals surface area contributed by atoms with Crippen LogP contribution in [0.4, 0.5) is 9.18 Å². The van der Waals surface area contributed by atoms with Crippen LogP contribution in [0.3, 0.4) is 0 Å².